The second-order valence-electron chi connectivity index (χ2n) is 10.00. The van der Waals surface area contributed by atoms with Crippen molar-refractivity contribution in [2.75, 3.05) is 45.2 Å². The van der Waals surface area contributed by atoms with E-state index in [2.05, 4.69) is 49.4 Å². The second-order valence-corrected chi connectivity index (χ2v) is 12.4. The lowest BCUT2D eigenvalue weighted by Gasteiger charge is -2.42. The van der Waals surface area contributed by atoms with Gasteiger partial charge in [0.05, 0.1) is 12.2 Å². The third-order valence-electron chi connectivity index (χ3n) is 7.34. The third-order valence-corrected chi connectivity index (χ3v) is 9.84. The molecule has 2 aliphatic rings. The third kappa shape index (κ3) is 6.16. The number of carbonyl (C=O) groups excluding carboxylic acids is 1. The summed E-state index contributed by atoms with van der Waals surface area (Å²) in [7, 11) is 1.44. The number of carbonyl (C=O) groups is 1. The minimum absolute atomic E-state index is 0.0630. The van der Waals surface area contributed by atoms with Gasteiger partial charge < -0.3 is 25.1 Å². The molecule has 0 bridgehead atoms. The Morgan fingerprint density at radius 1 is 1.03 bits per heavy atom. The maximum absolute atomic E-state index is 12.4. The van der Waals surface area contributed by atoms with E-state index in [0.717, 1.165) is 43.7 Å². The van der Waals surface area contributed by atoms with E-state index in [1.807, 2.05) is 29.2 Å². The molecule has 5 atom stereocenters. The Morgan fingerprint density at radius 2 is 1.71 bits per heavy atom. The van der Waals surface area contributed by atoms with E-state index in [0.29, 0.717) is 5.75 Å². The predicted octanol–water partition coefficient (Wildman–Crippen LogP) is 2.14. The van der Waals surface area contributed by atoms with E-state index in [1.165, 1.54) is 16.7 Å². The minimum Gasteiger partial charge on any atom is -0.390 e. The van der Waals surface area contributed by atoms with Crippen LogP contribution in [0.5, 0.6) is 0 Å². The Bertz CT molecular complexity index is 1050. The topological polar surface area (TPSA) is 84.2 Å². The molecular weight excluding hydrogens is 460 g/mol. The highest BCUT2D eigenvalue weighted by Gasteiger charge is 2.40. The lowest BCUT2D eigenvalue weighted by atomic mass is 9.93. The molecular formula is C28H38N2O4S. The molecule has 2 aliphatic heterocycles. The number of benzene rings is 2. The number of likely N-dealkylation sites (N-methyl/N-ethyl adjacent to an activating group) is 1. The van der Waals surface area contributed by atoms with E-state index >= 15 is 0 Å². The monoisotopic (exact) mass is 498 g/mol. The van der Waals surface area contributed by atoms with Gasteiger partial charge in [-0.25, -0.2) is 10.9 Å². The van der Waals surface area contributed by atoms with Gasteiger partial charge in [0.15, 0.2) is 0 Å². The van der Waals surface area contributed by atoms with Crippen molar-refractivity contribution >= 4 is 22.9 Å². The van der Waals surface area contributed by atoms with Gasteiger partial charge in [0.1, 0.15) is 6.10 Å². The van der Waals surface area contributed by atoms with Crippen molar-refractivity contribution in [3.63, 3.8) is 0 Å². The van der Waals surface area contributed by atoms with E-state index in [4.69, 9.17) is 0 Å². The van der Waals surface area contributed by atoms with Gasteiger partial charge in [0.2, 0.25) is 5.91 Å². The summed E-state index contributed by atoms with van der Waals surface area (Å²) in [6.07, 6.45) is 3.48. The van der Waals surface area contributed by atoms with Crippen LogP contribution in [0.4, 0.5) is 0 Å². The van der Waals surface area contributed by atoms with Crippen molar-refractivity contribution in [2.45, 2.75) is 36.9 Å². The first kappa shape index (κ1) is 25.9. The Labute approximate surface area is 211 Å². The molecule has 3 N–H and O–H groups in total. The Balaban J connectivity index is 1.43. The number of thiol groups is 1. The molecule has 1 amide bonds. The second kappa shape index (κ2) is 11.3. The maximum atomic E-state index is 12.4. The summed E-state index contributed by atoms with van der Waals surface area (Å²) < 4.78 is 0. The first-order chi connectivity index (χ1) is 16.7. The summed E-state index contributed by atoms with van der Waals surface area (Å²) in [5.41, 5.74) is 5.57. The predicted molar refractivity (Wildman–Crippen MR) is 144 cm³/mol. The fourth-order valence-corrected chi connectivity index (χ4v) is 7.38. The standard InChI is InChI=1S/C28H38N2O4S/c1-19-4-10-22(28-27(34)26(33)24(31)18-35(28)3)17-23(19)16-21-7-5-20(6-8-21)9-11-25(32)30-14-12-29(2)13-15-30/h4-11,17,24,26-28,31,33-35H,12-16,18H2,1-3H3/b11-9+/t24-,26-,27-,28+/m1/s1. The normalized spacial score (nSPS) is 29.0. The lowest BCUT2D eigenvalue weighted by Crippen LogP contribution is -2.47. The van der Waals surface area contributed by atoms with Crippen LogP contribution in [0.2, 0.25) is 0 Å². The molecule has 2 aromatic carbocycles. The quantitative estimate of drug-likeness (QED) is 0.375. The molecule has 0 aliphatic carbocycles. The summed E-state index contributed by atoms with van der Waals surface area (Å²) in [5.74, 6) is 0.598. The highest BCUT2D eigenvalue weighted by atomic mass is 32.2. The summed E-state index contributed by atoms with van der Waals surface area (Å²) >= 11 is 0. The Morgan fingerprint density at radius 3 is 2.40 bits per heavy atom. The largest absolute Gasteiger partial charge is 0.390 e. The first-order valence-corrected chi connectivity index (χ1v) is 14.4. The zero-order valence-corrected chi connectivity index (χ0v) is 21.7. The number of hydrogen-bond acceptors (Lipinski definition) is 5. The number of aryl methyl sites for hydroxylation is 1. The zero-order chi connectivity index (χ0) is 25.1. The SMILES string of the molecule is Cc1ccc([C@H]2[C@H](O)[C@H](O)[C@H](O)C[SH]2C)cc1Cc1ccc(/C=C/C(=O)N2CCN(C)CC2)cc1. The van der Waals surface area contributed by atoms with Crippen molar-refractivity contribution in [3.8, 4) is 0 Å². The molecule has 1 unspecified atom stereocenters. The van der Waals surface area contributed by atoms with Crippen LogP contribution < -0.4 is 0 Å². The van der Waals surface area contributed by atoms with Crippen LogP contribution in [0, 0.1) is 6.92 Å². The van der Waals surface area contributed by atoms with Crippen LogP contribution in [-0.4, -0.2) is 94.6 Å². The van der Waals surface area contributed by atoms with E-state index < -0.39 is 29.2 Å². The molecule has 2 fully saturated rings. The van der Waals surface area contributed by atoms with Gasteiger partial charge in [0, 0.05) is 43.3 Å². The number of aliphatic hydroxyl groups is 3. The van der Waals surface area contributed by atoms with Crippen LogP contribution in [0.1, 0.15) is 33.1 Å². The average Bonchev–Trinajstić information content (AvgIpc) is 2.84. The number of hydrogen-bond donors (Lipinski definition) is 4. The summed E-state index contributed by atoms with van der Waals surface area (Å²) in [6.45, 7) is 5.46. The smallest absolute Gasteiger partial charge is 0.246 e. The van der Waals surface area contributed by atoms with Gasteiger partial charge in [-0.15, -0.1) is 0 Å². The van der Waals surface area contributed by atoms with Crippen molar-refractivity contribution in [3.05, 3.63) is 76.4 Å². The molecule has 2 aromatic rings. The van der Waals surface area contributed by atoms with E-state index in [-0.39, 0.29) is 11.2 Å². The highest BCUT2D eigenvalue weighted by Crippen LogP contribution is 2.48. The van der Waals surface area contributed by atoms with Gasteiger partial charge in [-0.05, 0) is 60.5 Å². The van der Waals surface area contributed by atoms with Crippen LogP contribution in [0.25, 0.3) is 6.08 Å². The van der Waals surface area contributed by atoms with Crippen LogP contribution in [0.3, 0.4) is 0 Å². The van der Waals surface area contributed by atoms with Crippen molar-refractivity contribution in [1.29, 1.82) is 0 Å². The van der Waals surface area contributed by atoms with Gasteiger partial charge >= 0.3 is 0 Å². The van der Waals surface area contributed by atoms with Gasteiger partial charge in [0.25, 0.3) is 0 Å². The zero-order valence-electron chi connectivity index (χ0n) is 20.8. The minimum atomic E-state index is -1.10. The molecule has 2 heterocycles. The molecule has 35 heavy (non-hydrogen) atoms. The summed E-state index contributed by atoms with van der Waals surface area (Å²) in [4.78, 5) is 16.6. The number of piperazine rings is 1. The molecule has 6 nitrogen and oxygen atoms in total. The Hall–Kier alpha value is -2.16. The summed E-state index contributed by atoms with van der Waals surface area (Å²) in [6, 6.07) is 14.5. The molecule has 7 heteroatoms. The molecule has 0 spiro atoms. The van der Waals surface area contributed by atoms with Crippen LogP contribution >= 0.6 is 10.9 Å². The van der Waals surface area contributed by atoms with E-state index in [1.54, 1.807) is 6.08 Å². The molecule has 0 saturated carbocycles. The van der Waals surface area contributed by atoms with Gasteiger partial charge in [-0.3, -0.25) is 4.79 Å². The number of rotatable bonds is 5. The van der Waals surface area contributed by atoms with Crippen LogP contribution in [-0.2, 0) is 11.2 Å². The van der Waals surface area contributed by atoms with Crippen molar-refractivity contribution in [1.82, 2.24) is 9.80 Å². The number of nitrogens with zero attached hydrogens (tertiary/aromatic N) is 2. The Kier molecular flexibility index (Phi) is 8.34. The average molecular weight is 499 g/mol. The van der Waals surface area contributed by atoms with E-state index in [9.17, 15) is 20.1 Å². The van der Waals surface area contributed by atoms with Crippen LogP contribution in [0.15, 0.2) is 48.5 Å². The van der Waals surface area contributed by atoms with Gasteiger partial charge in [-0.1, -0.05) is 42.5 Å². The van der Waals surface area contributed by atoms with Crippen molar-refractivity contribution in [2.24, 2.45) is 0 Å². The first-order valence-electron chi connectivity index (χ1n) is 12.3. The molecule has 2 saturated heterocycles. The fraction of sp³-hybridized carbons (Fsp3) is 0.464. The molecule has 0 radical (unpaired) electrons. The van der Waals surface area contributed by atoms with Gasteiger partial charge in [-0.2, -0.15) is 0 Å². The highest BCUT2D eigenvalue weighted by molar-refractivity contribution is 8.16. The maximum Gasteiger partial charge on any atom is 0.246 e. The molecule has 0 aromatic heterocycles. The molecule has 190 valence electrons. The van der Waals surface area contributed by atoms with Crippen molar-refractivity contribution < 1.29 is 20.1 Å². The molecule has 4 rings (SSSR count). The fourth-order valence-electron chi connectivity index (χ4n) is 4.98. The number of aliphatic hydroxyl groups excluding tert-OH is 3. The lowest BCUT2D eigenvalue weighted by molar-refractivity contribution is -0.127. The number of amides is 1. The summed E-state index contributed by atoms with van der Waals surface area (Å²) in [5, 5.41) is 30.8.